The summed E-state index contributed by atoms with van der Waals surface area (Å²) in [4.78, 5) is 12.9. The lowest BCUT2D eigenvalue weighted by Crippen LogP contribution is -2.51. The zero-order valence-electron chi connectivity index (χ0n) is 10.4. The van der Waals surface area contributed by atoms with Crippen LogP contribution in [0.4, 0.5) is 0 Å². The molecule has 1 aromatic rings. The molecule has 104 valence electrons. The molecule has 6 heteroatoms. The minimum atomic E-state index is -0.863. The van der Waals surface area contributed by atoms with Crippen LogP contribution in [0, 0.1) is 0 Å². The lowest BCUT2D eigenvalue weighted by molar-refractivity contribution is -0.149. The Bertz CT molecular complexity index is 440. The third kappa shape index (κ3) is 3.83. The second kappa shape index (κ2) is 6.75. The minimum Gasteiger partial charge on any atom is -0.491 e. The van der Waals surface area contributed by atoms with E-state index in [2.05, 4.69) is 0 Å². The number of carboxylic acid groups (broad SMARTS) is 1. The molecule has 0 radical (unpaired) electrons. The highest BCUT2D eigenvalue weighted by Gasteiger charge is 2.28. The van der Waals surface area contributed by atoms with E-state index in [1.165, 1.54) is 0 Å². The number of hydrogen-bond acceptors (Lipinski definition) is 4. The Labute approximate surface area is 116 Å². The van der Waals surface area contributed by atoms with Gasteiger partial charge in [-0.2, -0.15) is 0 Å². The number of rotatable bonds is 5. The zero-order chi connectivity index (χ0) is 13.7. The Kier molecular flexibility index (Phi) is 5.01. The van der Waals surface area contributed by atoms with E-state index in [1.54, 1.807) is 12.1 Å². The van der Waals surface area contributed by atoms with Crippen molar-refractivity contribution in [1.82, 2.24) is 4.90 Å². The molecule has 0 amide bonds. The van der Waals surface area contributed by atoms with Crippen molar-refractivity contribution in [2.24, 2.45) is 0 Å². The van der Waals surface area contributed by atoms with E-state index in [0.29, 0.717) is 37.1 Å². The first-order chi connectivity index (χ1) is 9.18. The molecule has 1 unspecified atom stereocenters. The topological polar surface area (TPSA) is 59.0 Å². The maximum Gasteiger partial charge on any atom is 0.323 e. The lowest BCUT2D eigenvalue weighted by atomic mass is 10.2. The summed E-state index contributed by atoms with van der Waals surface area (Å²) < 4.78 is 10.7. The van der Waals surface area contributed by atoms with Gasteiger partial charge in [0.25, 0.3) is 0 Å². The fraction of sp³-hybridized carbons (Fsp3) is 0.462. The van der Waals surface area contributed by atoms with Gasteiger partial charge in [0.15, 0.2) is 0 Å². The largest absolute Gasteiger partial charge is 0.491 e. The molecule has 0 aliphatic carbocycles. The predicted molar refractivity (Wildman–Crippen MR) is 70.8 cm³/mol. The van der Waals surface area contributed by atoms with Crippen molar-refractivity contribution in [2.45, 2.75) is 6.04 Å². The highest BCUT2D eigenvalue weighted by Crippen LogP contribution is 2.23. The third-order valence-electron chi connectivity index (χ3n) is 3.00. The summed E-state index contributed by atoms with van der Waals surface area (Å²) in [7, 11) is 0. The Morgan fingerprint density at radius 2 is 2.32 bits per heavy atom. The van der Waals surface area contributed by atoms with Crippen LogP contribution < -0.4 is 4.74 Å². The molecular formula is C13H16ClNO4. The van der Waals surface area contributed by atoms with Gasteiger partial charge in [0, 0.05) is 13.1 Å². The van der Waals surface area contributed by atoms with E-state index in [1.807, 2.05) is 17.0 Å². The first-order valence-corrected chi connectivity index (χ1v) is 6.48. The standard InChI is InChI=1S/C13H16ClNO4/c14-10-3-1-2-4-12(10)19-8-6-15-5-7-18-9-11(15)13(16)17/h1-4,11H,5-9H2,(H,16,17). The normalized spacial score (nSPS) is 20.2. The van der Waals surface area contributed by atoms with Gasteiger partial charge in [-0.3, -0.25) is 9.69 Å². The number of aliphatic carboxylic acids is 1. The van der Waals surface area contributed by atoms with Crippen molar-refractivity contribution in [3.63, 3.8) is 0 Å². The summed E-state index contributed by atoms with van der Waals surface area (Å²) in [6.07, 6.45) is 0. The van der Waals surface area contributed by atoms with Crippen LogP contribution in [0.2, 0.25) is 5.02 Å². The fourth-order valence-electron chi connectivity index (χ4n) is 1.97. The van der Waals surface area contributed by atoms with E-state index >= 15 is 0 Å². The molecule has 0 saturated carbocycles. The molecule has 1 atom stereocenters. The van der Waals surface area contributed by atoms with E-state index in [9.17, 15) is 4.79 Å². The Balaban J connectivity index is 1.84. The number of carbonyl (C=O) groups is 1. The summed E-state index contributed by atoms with van der Waals surface area (Å²) in [5, 5.41) is 9.64. The Morgan fingerprint density at radius 1 is 1.53 bits per heavy atom. The van der Waals surface area contributed by atoms with E-state index in [4.69, 9.17) is 26.2 Å². The van der Waals surface area contributed by atoms with Crippen LogP contribution in [0.1, 0.15) is 0 Å². The molecule has 1 fully saturated rings. The van der Waals surface area contributed by atoms with Gasteiger partial charge in [-0.1, -0.05) is 23.7 Å². The van der Waals surface area contributed by atoms with Gasteiger partial charge >= 0.3 is 5.97 Å². The van der Waals surface area contributed by atoms with Crippen molar-refractivity contribution in [2.75, 3.05) is 32.9 Å². The first-order valence-electron chi connectivity index (χ1n) is 6.10. The number of hydrogen-bond donors (Lipinski definition) is 1. The number of carboxylic acids is 1. The highest BCUT2D eigenvalue weighted by atomic mass is 35.5. The summed E-state index contributed by atoms with van der Waals surface area (Å²) in [6, 6.07) is 6.62. The van der Waals surface area contributed by atoms with Crippen LogP contribution in [0.15, 0.2) is 24.3 Å². The maximum absolute atomic E-state index is 11.1. The highest BCUT2D eigenvalue weighted by molar-refractivity contribution is 6.32. The quantitative estimate of drug-likeness (QED) is 0.888. The molecule has 2 rings (SSSR count). The van der Waals surface area contributed by atoms with Crippen molar-refractivity contribution in [3.05, 3.63) is 29.3 Å². The molecule has 0 spiro atoms. The molecule has 1 aromatic carbocycles. The summed E-state index contributed by atoms with van der Waals surface area (Å²) in [5.74, 6) is -0.248. The van der Waals surface area contributed by atoms with Crippen LogP contribution in [0.5, 0.6) is 5.75 Å². The molecule has 1 saturated heterocycles. The maximum atomic E-state index is 11.1. The SMILES string of the molecule is O=C(O)C1COCCN1CCOc1ccccc1Cl. The monoisotopic (exact) mass is 285 g/mol. The minimum absolute atomic E-state index is 0.224. The van der Waals surface area contributed by atoms with Crippen LogP contribution >= 0.6 is 11.6 Å². The summed E-state index contributed by atoms with van der Waals surface area (Å²) in [5.41, 5.74) is 0. The number of halogens is 1. The molecule has 19 heavy (non-hydrogen) atoms. The molecule has 0 aromatic heterocycles. The van der Waals surface area contributed by atoms with Gasteiger partial charge in [0.1, 0.15) is 18.4 Å². The van der Waals surface area contributed by atoms with Crippen LogP contribution in [-0.4, -0.2) is 54.9 Å². The molecule has 5 nitrogen and oxygen atoms in total. The van der Waals surface area contributed by atoms with Crippen molar-refractivity contribution in [1.29, 1.82) is 0 Å². The van der Waals surface area contributed by atoms with Crippen LogP contribution in [0.3, 0.4) is 0 Å². The molecule has 1 N–H and O–H groups in total. The van der Waals surface area contributed by atoms with Crippen LogP contribution in [-0.2, 0) is 9.53 Å². The van der Waals surface area contributed by atoms with Crippen LogP contribution in [0.25, 0.3) is 0 Å². The van der Waals surface area contributed by atoms with E-state index in [0.717, 1.165) is 0 Å². The molecule has 0 bridgehead atoms. The molecule has 1 aliphatic heterocycles. The first kappa shape index (κ1) is 14.1. The number of ether oxygens (including phenoxy) is 2. The van der Waals surface area contributed by atoms with Gasteiger partial charge in [0.2, 0.25) is 0 Å². The molecule has 1 aliphatic rings. The summed E-state index contributed by atoms with van der Waals surface area (Å²) >= 11 is 5.97. The smallest absolute Gasteiger partial charge is 0.323 e. The number of nitrogens with zero attached hydrogens (tertiary/aromatic N) is 1. The van der Waals surface area contributed by atoms with E-state index < -0.39 is 12.0 Å². The Morgan fingerprint density at radius 3 is 3.05 bits per heavy atom. The van der Waals surface area contributed by atoms with Crippen molar-refractivity contribution in [3.8, 4) is 5.75 Å². The number of para-hydroxylation sites is 1. The summed E-state index contributed by atoms with van der Waals surface area (Å²) in [6.45, 7) is 2.30. The lowest BCUT2D eigenvalue weighted by Gasteiger charge is -2.32. The van der Waals surface area contributed by atoms with E-state index in [-0.39, 0.29) is 6.61 Å². The molecule has 1 heterocycles. The average molecular weight is 286 g/mol. The van der Waals surface area contributed by atoms with Gasteiger partial charge in [0.05, 0.1) is 18.2 Å². The van der Waals surface area contributed by atoms with Gasteiger partial charge in [-0.05, 0) is 12.1 Å². The second-order valence-corrected chi connectivity index (χ2v) is 4.65. The fourth-order valence-corrected chi connectivity index (χ4v) is 2.16. The third-order valence-corrected chi connectivity index (χ3v) is 3.31. The predicted octanol–water partition coefficient (Wildman–Crippen LogP) is 1.50. The van der Waals surface area contributed by atoms with Gasteiger partial charge in [-0.15, -0.1) is 0 Å². The number of morpholine rings is 1. The second-order valence-electron chi connectivity index (χ2n) is 4.24. The molecular weight excluding hydrogens is 270 g/mol. The van der Waals surface area contributed by atoms with Gasteiger partial charge in [-0.25, -0.2) is 0 Å². The number of benzene rings is 1. The average Bonchev–Trinajstić information content (AvgIpc) is 2.41. The zero-order valence-corrected chi connectivity index (χ0v) is 11.2. The van der Waals surface area contributed by atoms with Crippen molar-refractivity contribution < 1.29 is 19.4 Å². The van der Waals surface area contributed by atoms with Crippen molar-refractivity contribution >= 4 is 17.6 Å². The Hall–Kier alpha value is -1.30. The van der Waals surface area contributed by atoms with Gasteiger partial charge < -0.3 is 14.6 Å².